The predicted octanol–water partition coefficient (Wildman–Crippen LogP) is 3.52. The Balaban J connectivity index is 1.49. The van der Waals surface area contributed by atoms with Crippen LogP contribution in [0.1, 0.15) is 17.3 Å². The van der Waals surface area contributed by atoms with Gasteiger partial charge in [-0.05, 0) is 37.3 Å². The van der Waals surface area contributed by atoms with E-state index in [1.54, 1.807) is 19.1 Å². The molecule has 0 amide bonds. The zero-order valence-electron chi connectivity index (χ0n) is 14.4. The van der Waals surface area contributed by atoms with Gasteiger partial charge in [-0.3, -0.25) is 9.50 Å². The molecule has 4 aromatic rings. The summed E-state index contributed by atoms with van der Waals surface area (Å²) in [6.07, 6.45) is 3.38. The fraction of sp³-hybridized carbons (Fsp3) is 0.111. The summed E-state index contributed by atoms with van der Waals surface area (Å²) in [6.45, 7) is 2.14. The second-order valence-corrected chi connectivity index (χ2v) is 6.62. The molecule has 3 aromatic heterocycles. The Morgan fingerprint density at radius 1 is 1.26 bits per heavy atom. The van der Waals surface area contributed by atoms with Crippen LogP contribution in [-0.2, 0) is 4.74 Å². The van der Waals surface area contributed by atoms with E-state index in [1.807, 2.05) is 40.9 Å². The lowest BCUT2D eigenvalue weighted by atomic mass is 10.2. The number of ether oxygens (including phenoxy) is 1. The van der Waals surface area contributed by atoms with Crippen LogP contribution in [-0.4, -0.2) is 37.1 Å². The molecule has 1 aromatic carbocycles. The van der Waals surface area contributed by atoms with Crippen LogP contribution in [0, 0.1) is 0 Å². The molecule has 27 heavy (non-hydrogen) atoms. The van der Waals surface area contributed by atoms with Gasteiger partial charge in [0.1, 0.15) is 22.8 Å². The fourth-order valence-corrected chi connectivity index (χ4v) is 3.36. The SMILES string of the molecule is CCOC(=O)c1cccc(Sc2cc(Nc3ncnc4cccn34)[nH]n2)c1. The molecule has 0 radical (unpaired) electrons. The topological polar surface area (TPSA) is 97.2 Å². The first kappa shape index (κ1) is 17.1. The van der Waals surface area contributed by atoms with E-state index in [4.69, 9.17) is 4.74 Å². The summed E-state index contributed by atoms with van der Waals surface area (Å²) in [5.41, 5.74) is 1.32. The molecule has 0 fully saturated rings. The van der Waals surface area contributed by atoms with E-state index < -0.39 is 0 Å². The summed E-state index contributed by atoms with van der Waals surface area (Å²) < 4.78 is 6.88. The van der Waals surface area contributed by atoms with Gasteiger partial charge in [-0.25, -0.2) is 14.8 Å². The minimum Gasteiger partial charge on any atom is -0.462 e. The lowest BCUT2D eigenvalue weighted by Crippen LogP contribution is -2.04. The van der Waals surface area contributed by atoms with Gasteiger partial charge in [0.05, 0.1) is 12.2 Å². The molecule has 136 valence electrons. The molecule has 2 N–H and O–H groups in total. The maximum atomic E-state index is 11.9. The van der Waals surface area contributed by atoms with Crippen molar-refractivity contribution in [2.24, 2.45) is 0 Å². The van der Waals surface area contributed by atoms with Gasteiger partial charge >= 0.3 is 5.97 Å². The van der Waals surface area contributed by atoms with Gasteiger partial charge in [0.15, 0.2) is 0 Å². The molecule has 9 heteroatoms. The quantitative estimate of drug-likeness (QED) is 0.494. The molecule has 4 rings (SSSR count). The Morgan fingerprint density at radius 2 is 2.19 bits per heavy atom. The molecule has 0 spiro atoms. The lowest BCUT2D eigenvalue weighted by molar-refractivity contribution is 0.0526. The van der Waals surface area contributed by atoms with Crippen LogP contribution in [0.15, 0.2) is 64.9 Å². The molecule has 8 nitrogen and oxygen atoms in total. The van der Waals surface area contributed by atoms with Crippen molar-refractivity contribution < 1.29 is 9.53 Å². The van der Waals surface area contributed by atoms with Crippen molar-refractivity contribution in [2.45, 2.75) is 16.8 Å². The normalized spacial score (nSPS) is 10.9. The molecule has 0 unspecified atom stereocenters. The van der Waals surface area contributed by atoms with Gasteiger partial charge in [0.25, 0.3) is 0 Å². The highest BCUT2D eigenvalue weighted by atomic mass is 32.2. The second-order valence-electron chi connectivity index (χ2n) is 5.53. The molecule has 0 atom stereocenters. The maximum Gasteiger partial charge on any atom is 0.338 e. The average Bonchev–Trinajstić information content (AvgIpc) is 3.32. The van der Waals surface area contributed by atoms with Crippen LogP contribution in [0.4, 0.5) is 11.8 Å². The smallest absolute Gasteiger partial charge is 0.338 e. The number of aromatic nitrogens is 5. The van der Waals surface area contributed by atoms with Crippen molar-refractivity contribution in [1.29, 1.82) is 0 Å². The molecular weight excluding hydrogens is 364 g/mol. The van der Waals surface area contributed by atoms with E-state index in [-0.39, 0.29) is 5.97 Å². The van der Waals surface area contributed by atoms with Gasteiger partial charge in [0.2, 0.25) is 5.95 Å². The third kappa shape index (κ3) is 3.77. The Bertz CT molecular complexity index is 1090. The summed E-state index contributed by atoms with van der Waals surface area (Å²) in [6, 6.07) is 12.9. The second kappa shape index (κ2) is 7.50. The van der Waals surface area contributed by atoms with Gasteiger partial charge < -0.3 is 10.1 Å². The van der Waals surface area contributed by atoms with Crippen LogP contribution in [0.2, 0.25) is 0 Å². The Kier molecular flexibility index (Phi) is 4.75. The zero-order chi connectivity index (χ0) is 18.6. The van der Waals surface area contributed by atoms with E-state index in [1.165, 1.54) is 18.1 Å². The van der Waals surface area contributed by atoms with Gasteiger partial charge in [-0.2, -0.15) is 5.10 Å². The van der Waals surface area contributed by atoms with E-state index in [2.05, 4.69) is 25.5 Å². The van der Waals surface area contributed by atoms with Crippen molar-refractivity contribution in [3.8, 4) is 0 Å². The Morgan fingerprint density at radius 3 is 3.07 bits per heavy atom. The van der Waals surface area contributed by atoms with Gasteiger partial charge in [-0.15, -0.1) is 0 Å². The number of anilines is 2. The molecular formula is C18H16N6O2S. The third-order valence-electron chi connectivity index (χ3n) is 3.69. The van der Waals surface area contributed by atoms with Crippen molar-refractivity contribution in [1.82, 2.24) is 24.6 Å². The maximum absolute atomic E-state index is 11.9. The predicted molar refractivity (Wildman–Crippen MR) is 101 cm³/mol. The number of H-pyrrole nitrogens is 1. The summed E-state index contributed by atoms with van der Waals surface area (Å²) in [7, 11) is 0. The number of nitrogens with zero attached hydrogens (tertiary/aromatic N) is 4. The minimum atomic E-state index is -0.330. The first-order chi connectivity index (χ1) is 13.2. The molecule has 0 bridgehead atoms. The highest BCUT2D eigenvalue weighted by Crippen LogP contribution is 2.29. The summed E-state index contributed by atoms with van der Waals surface area (Å²) in [4.78, 5) is 21.2. The standard InChI is InChI=1S/C18H16N6O2S/c1-2-26-17(25)12-5-3-6-13(9-12)27-16-10-14(22-23-16)21-18-20-11-19-15-7-4-8-24(15)18/h3-11H,2H2,1H3,(H2,19,20,21,22,23). The summed E-state index contributed by atoms with van der Waals surface area (Å²) in [5.74, 6) is 1.01. The highest BCUT2D eigenvalue weighted by Gasteiger charge is 2.10. The number of rotatable bonds is 6. The first-order valence-corrected chi connectivity index (χ1v) is 9.10. The van der Waals surface area contributed by atoms with Gasteiger partial charge in [0, 0.05) is 17.2 Å². The van der Waals surface area contributed by atoms with E-state index in [9.17, 15) is 4.79 Å². The fourth-order valence-electron chi connectivity index (χ4n) is 2.52. The van der Waals surface area contributed by atoms with Crippen LogP contribution >= 0.6 is 11.8 Å². The van der Waals surface area contributed by atoms with Gasteiger partial charge in [-0.1, -0.05) is 17.8 Å². The van der Waals surface area contributed by atoms with Crippen molar-refractivity contribution in [3.05, 3.63) is 60.6 Å². The van der Waals surface area contributed by atoms with Crippen molar-refractivity contribution in [3.63, 3.8) is 0 Å². The Labute approximate surface area is 159 Å². The van der Waals surface area contributed by atoms with Crippen LogP contribution < -0.4 is 5.32 Å². The number of nitrogens with one attached hydrogen (secondary N) is 2. The summed E-state index contributed by atoms with van der Waals surface area (Å²) in [5, 5.41) is 11.2. The zero-order valence-corrected chi connectivity index (χ0v) is 15.2. The molecule has 0 saturated carbocycles. The number of carbonyl (C=O) groups excluding carboxylic acids is 1. The van der Waals surface area contributed by atoms with E-state index in [0.717, 1.165) is 15.6 Å². The molecule has 0 saturated heterocycles. The van der Waals surface area contributed by atoms with Crippen molar-refractivity contribution >= 4 is 35.1 Å². The van der Waals surface area contributed by atoms with Crippen LogP contribution in [0.25, 0.3) is 5.65 Å². The molecule has 0 aliphatic heterocycles. The minimum absolute atomic E-state index is 0.330. The largest absolute Gasteiger partial charge is 0.462 e. The number of hydrogen-bond donors (Lipinski definition) is 2. The molecule has 0 aliphatic rings. The number of aromatic amines is 1. The van der Waals surface area contributed by atoms with Crippen LogP contribution in [0.3, 0.4) is 0 Å². The van der Waals surface area contributed by atoms with E-state index in [0.29, 0.717) is 23.9 Å². The van der Waals surface area contributed by atoms with Crippen LogP contribution in [0.5, 0.6) is 0 Å². The average molecular weight is 380 g/mol. The highest BCUT2D eigenvalue weighted by molar-refractivity contribution is 7.99. The molecule has 0 aliphatic carbocycles. The number of fused-ring (bicyclic) bond motifs is 1. The molecule has 3 heterocycles. The number of carbonyl (C=O) groups is 1. The number of hydrogen-bond acceptors (Lipinski definition) is 7. The number of benzene rings is 1. The first-order valence-electron chi connectivity index (χ1n) is 8.28. The van der Waals surface area contributed by atoms with E-state index >= 15 is 0 Å². The van der Waals surface area contributed by atoms with Crippen molar-refractivity contribution in [2.75, 3.05) is 11.9 Å². The third-order valence-corrected chi connectivity index (χ3v) is 4.60. The summed E-state index contributed by atoms with van der Waals surface area (Å²) >= 11 is 1.44. The Hall–Kier alpha value is -3.33. The lowest BCUT2D eigenvalue weighted by Gasteiger charge is -2.04. The monoisotopic (exact) mass is 380 g/mol. The number of esters is 1.